The Morgan fingerprint density at radius 1 is 1.56 bits per heavy atom. The quantitative estimate of drug-likeness (QED) is 0.450. The highest BCUT2D eigenvalue weighted by atomic mass is 28.1. The minimum absolute atomic E-state index is 0.459. The lowest BCUT2D eigenvalue weighted by molar-refractivity contribution is -0.00940. The normalized spacial score (nSPS) is 34.7. The van der Waals surface area contributed by atoms with Gasteiger partial charge in [0.15, 0.2) is 0 Å². The van der Waals surface area contributed by atoms with E-state index in [1.54, 1.807) is 0 Å². The summed E-state index contributed by atoms with van der Waals surface area (Å²) in [5.74, 6) is 0. The van der Waals surface area contributed by atoms with Crippen LogP contribution in [0, 0.1) is 5.41 Å². The molecule has 1 fully saturated rings. The Morgan fingerprint density at radius 2 is 2.22 bits per heavy atom. The largest absolute Gasteiger partial charge is 0.382 e. The van der Waals surface area contributed by atoms with Crippen LogP contribution in [0.1, 0.15) is 26.7 Å². The molecular weight excluding hydrogens is 128 g/mol. The molecule has 0 aromatic rings. The van der Waals surface area contributed by atoms with Crippen molar-refractivity contribution < 1.29 is 4.74 Å². The number of hydrogen-bond donors (Lipinski definition) is 0. The van der Waals surface area contributed by atoms with Crippen LogP contribution in [0.15, 0.2) is 0 Å². The molecule has 9 heavy (non-hydrogen) atoms. The third-order valence-electron chi connectivity index (χ3n) is 1.99. The van der Waals surface area contributed by atoms with Crippen LogP contribution in [0.5, 0.6) is 0 Å². The molecule has 1 unspecified atom stereocenters. The first-order valence-corrected chi connectivity index (χ1v) is 4.87. The van der Waals surface area contributed by atoms with E-state index in [2.05, 4.69) is 13.8 Å². The molecule has 0 spiro atoms. The van der Waals surface area contributed by atoms with Gasteiger partial charge in [0.05, 0.1) is 6.61 Å². The molecule has 1 heterocycles. The summed E-state index contributed by atoms with van der Waals surface area (Å²) in [6.45, 7) is 5.53. The standard InChI is InChI=1S/C7H16OSi/c1-7(2)4-3-6(9)8-5-7/h6H,3-5H2,1-2,9H3. The maximum atomic E-state index is 5.55. The molecule has 0 aromatic carbocycles. The van der Waals surface area contributed by atoms with Gasteiger partial charge in [0.25, 0.3) is 0 Å². The SMILES string of the molecule is CC1(C)CCC([SiH3])OC1. The molecule has 1 saturated heterocycles. The number of hydrogen-bond acceptors (Lipinski definition) is 1. The topological polar surface area (TPSA) is 9.23 Å². The molecule has 1 atom stereocenters. The summed E-state index contributed by atoms with van der Waals surface area (Å²) >= 11 is 0. The van der Waals surface area contributed by atoms with Crippen LogP contribution in [0.2, 0.25) is 0 Å². The Kier molecular flexibility index (Phi) is 1.96. The van der Waals surface area contributed by atoms with Gasteiger partial charge in [-0.15, -0.1) is 0 Å². The third-order valence-corrected chi connectivity index (χ3v) is 2.90. The molecule has 0 bridgehead atoms. The van der Waals surface area contributed by atoms with E-state index in [9.17, 15) is 0 Å². The van der Waals surface area contributed by atoms with E-state index in [-0.39, 0.29) is 0 Å². The first-order chi connectivity index (χ1) is 4.10. The molecule has 1 aliphatic heterocycles. The summed E-state index contributed by atoms with van der Waals surface area (Å²) in [6.07, 6.45) is 2.64. The minimum Gasteiger partial charge on any atom is -0.382 e. The maximum absolute atomic E-state index is 5.55. The van der Waals surface area contributed by atoms with Gasteiger partial charge >= 0.3 is 0 Å². The van der Waals surface area contributed by atoms with Crippen LogP contribution >= 0.6 is 0 Å². The van der Waals surface area contributed by atoms with Crippen molar-refractivity contribution in [3.63, 3.8) is 0 Å². The molecule has 0 aliphatic carbocycles. The van der Waals surface area contributed by atoms with Crippen molar-refractivity contribution in [3.05, 3.63) is 0 Å². The second-order valence-electron chi connectivity index (χ2n) is 3.82. The molecular formula is C7H16OSi. The fourth-order valence-electron chi connectivity index (χ4n) is 1.12. The first kappa shape index (κ1) is 7.29. The Labute approximate surface area is 60.2 Å². The highest BCUT2D eigenvalue weighted by molar-refractivity contribution is 6.11. The van der Waals surface area contributed by atoms with Gasteiger partial charge in [-0.3, -0.25) is 0 Å². The van der Waals surface area contributed by atoms with Gasteiger partial charge in [0, 0.05) is 16.0 Å². The molecule has 1 aliphatic rings. The number of ether oxygens (including phenoxy) is 1. The third kappa shape index (κ3) is 2.10. The highest BCUT2D eigenvalue weighted by Crippen LogP contribution is 2.28. The summed E-state index contributed by atoms with van der Waals surface area (Å²) in [4.78, 5) is 0. The predicted octanol–water partition coefficient (Wildman–Crippen LogP) is 0.514. The van der Waals surface area contributed by atoms with E-state index in [1.165, 1.54) is 23.1 Å². The second-order valence-corrected chi connectivity index (χ2v) is 5.11. The zero-order chi connectivity index (χ0) is 6.91. The van der Waals surface area contributed by atoms with Crippen LogP contribution < -0.4 is 0 Å². The van der Waals surface area contributed by atoms with Gasteiger partial charge in [-0.2, -0.15) is 0 Å². The first-order valence-electron chi connectivity index (χ1n) is 3.72. The van der Waals surface area contributed by atoms with Crippen LogP contribution in [-0.4, -0.2) is 22.6 Å². The van der Waals surface area contributed by atoms with Crippen LogP contribution in [-0.2, 0) is 4.74 Å². The molecule has 2 heteroatoms. The molecule has 54 valence electrons. The van der Waals surface area contributed by atoms with Crippen molar-refractivity contribution in [2.24, 2.45) is 5.41 Å². The second kappa shape index (κ2) is 2.43. The Bertz CT molecular complexity index is 91.1. The Balaban J connectivity index is 2.35. The lowest BCUT2D eigenvalue weighted by Crippen LogP contribution is -2.31. The fourth-order valence-corrected chi connectivity index (χ4v) is 1.57. The van der Waals surface area contributed by atoms with E-state index >= 15 is 0 Å². The van der Waals surface area contributed by atoms with E-state index < -0.39 is 0 Å². The highest BCUT2D eigenvalue weighted by Gasteiger charge is 2.24. The van der Waals surface area contributed by atoms with Crippen molar-refractivity contribution in [2.45, 2.75) is 32.4 Å². The van der Waals surface area contributed by atoms with Gasteiger partial charge in [-0.05, 0) is 18.3 Å². The maximum Gasteiger partial charge on any atom is 0.0516 e. The smallest absolute Gasteiger partial charge is 0.0516 e. The zero-order valence-electron chi connectivity index (χ0n) is 6.61. The summed E-state index contributed by atoms with van der Waals surface area (Å²) in [5.41, 5.74) is 1.10. The molecule has 0 radical (unpaired) electrons. The van der Waals surface area contributed by atoms with E-state index in [0.29, 0.717) is 11.1 Å². The van der Waals surface area contributed by atoms with Gasteiger partial charge < -0.3 is 4.74 Å². The lowest BCUT2D eigenvalue weighted by Gasteiger charge is -2.32. The summed E-state index contributed by atoms with van der Waals surface area (Å²) < 4.78 is 5.55. The van der Waals surface area contributed by atoms with E-state index in [0.717, 1.165) is 6.61 Å². The van der Waals surface area contributed by atoms with Crippen molar-refractivity contribution in [2.75, 3.05) is 6.61 Å². The Morgan fingerprint density at radius 3 is 2.56 bits per heavy atom. The van der Waals surface area contributed by atoms with Gasteiger partial charge in [-0.25, -0.2) is 0 Å². The summed E-state index contributed by atoms with van der Waals surface area (Å²) in [6, 6.07) is 0. The molecule has 0 aromatic heterocycles. The summed E-state index contributed by atoms with van der Waals surface area (Å²) in [5, 5.41) is 0. The van der Waals surface area contributed by atoms with Crippen molar-refractivity contribution >= 4 is 10.2 Å². The molecule has 1 rings (SSSR count). The molecule has 0 amide bonds. The molecule has 1 nitrogen and oxygen atoms in total. The van der Waals surface area contributed by atoms with Gasteiger partial charge in [0.1, 0.15) is 0 Å². The van der Waals surface area contributed by atoms with E-state index in [4.69, 9.17) is 4.74 Å². The molecule has 0 saturated carbocycles. The summed E-state index contributed by atoms with van der Waals surface area (Å²) in [7, 11) is 1.21. The van der Waals surface area contributed by atoms with Crippen LogP contribution in [0.25, 0.3) is 0 Å². The zero-order valence-corrected chi connectivity index (χ0v) is 8.61. The van der Waals surface area contributed by atoms with Gasteiger partial charge in [0.2, 0.25) is 0 Å². The van der Waals surface area contributed by atoms with Crippen molar-refractivity contribution in [3.8, 4) is 0 Å². The lowest BCUT2D eigenvalue weighted by atomic mass is 9.87. The van der Waals surface area contributed by atoms with Gasteiger partial charge in [-0.1, -0.05) is 13.8 Å². The fraction of sp³-hybridized carbons (Fsp3) is 1.00. The number of rotatable bonds is 0. The average molecular weight is 144 g/mol. The van der Waals surface area contributed by atoms with E-state index in [1.807, 2.05) is 0 Å². The monoisotopic (exact) mass is 144 g/mol. The molecule has 0 N–H and O–H groups in total. The minimum atomic E-state index is 0.459. The van der Waals surface area contributed by atoms with Crippen LogP contribution in [0.3, 0.4) is 0 Å². The predicted molar refractivity (Wildman–Crippen MR) is 42.7 cm³/mol. The van der Waals surface area contributed by atoms with Crippen molar-refractivity contribution in [1.29, 1.82) is 0 Å². The van der Waals surface area contributed by atoms with Crippen molar-refractivity contribution in [1.82, 2.24) is 0 Å². The average Bonchev–Trinajstić information content (AvgIpc) is 1.78. The van der Waals surface area contributed by atoms with Crippen LogP contribution in [0.4, 0.5) is 0 Å². The Hall–Kier alpha value is 0.177.